The number of ether oxygens (including phenoxy) is 1. The molecule has 14 heteroatoms. The number of rotatable bonds is 13. The van der Waals surface area contributed by atoms with Gasteiger partial charge < -0.3 is 31.1 Å². The summed E-state index contributed by atoms with van der Waals surface area (Å²) >= 11 is 8.46. The molecule has 11 nitrogen and oxygen atoms in total. The Bertz CT molecular complexity index is 1730. The minimum atomic E-state index is -3.59. The number of aliphatic hydroxyl groups is 1. The Hall–Kier alpha value is -2.98. The SMILES string of the molecule is CNC(=O)c1cc(Nc2ncc(Cl)c(Nc3ccccc3S(=O)(=O)C(C)C)n2)c(OC(C)C)cc1C1=CCC(NC(C)[C@H](O)I)CC1. The number of halogens is 2. The summed E-state index contributed by atoms with van der Waals surface area (Å²) in [5.74, 6) is 0.601. The van der Waals surface area contributed by atoms with Crippen LogP contribution in [0.15, 0.2) is 53.6 Å². The quantitative estimate of drug-likeness (QED) is 0.0943. The summed E-state index contributed by atoms with van der Waals surface area (Å²) in [5.41, 5.74) is 3.07. The van der Waals surface area contributed by atoms with Crippen molar-refractivity contribution in [1.82, 2.24) is 20.6 Å². The molecule has 0 bridgehead atoms. The molecule has 254 valence electrons. The molecular weight excluding hydrogens is 755 g/mol. The number of hydrogen-bond donors (Lipinski definition) is 5. The summed E-state index contributed by atoms with van der Waals surface area (Å²) in [6.45, 7) is 9.04. The third kappa shape index (κ3) is 9.13. The molecule has 5 N–H and O–H groups in total. The number of aliphatic hydroxyl groups excluding tert-OH is 1. The van der Waals surface area contributed by atoms with E-state index >= 15 is 0 Å². The Labute approximate surface area is 295 Å². The van der Waals surface area contributed by atoms with E-state index in [1.165, 1.54) is 12.3 Å². The topological polar surface area (TPSA) is 155 Å². The van der Waals surface area contributed by atoms with Gasteiger partial charge in [-0.25, -0.2) is 13.4 Å². The molecule has 4 rings (SSSR count). The second kappa shape index (κ2) is 15.9. The maximum absolute atomic E-state index is 13.2. The van der Waals surface area contributed by atoms with E-state index in [2.05, 4.69) is 37.3 Å². The van der Waals surface area contributed by atoms with Crippen molar-refractivity contribution in [2.75, 3.05) is 17.7 Å². The summed E-state index contributed by atoms with van der Waals surface area (Å²) in [6, 6.07) is 10.3. The molecule has 1 aliphatic rings. The Balaban J connectivity index is 1.70. The van der Waals surface area contributed by atoms with E-state index in [4.69, 9.17) is 16.3 Å². The number of alkyl halides is 1. The number of sulfone groups is 1. The molecule has 1 aromatic heterocycles. The first-order chi connectivity index (χ1) is 22.2. The highest BCUT2D eigenvalue weighted by Gasteiger charge is 2.25. The zero-order valence-corrected chi connectivity index (χ0v) is 31.0. The highest BCUT2D eigenvalue weighted by Crippen LogP contribution is 2.38. The molecule has 0 radical (unpaired) electrons. The lowest BCUT2D eigenvalue weighted by atomic mass is 9.87. The first-order valence-corrected chi connectivity index (χ1v) is 18.6. The van der Waals surface area contributed by atoms with E-state index in [9.17, 15) is 18.3 Å². The number of nitrogens with one attached hydrogen (secondary N) is 4. The Kier molecular flexibility index (Phi) is 12.5. The zero-order valence-electron chi connectivity index (χ0n) is 27.3. The minimum Gasteiger partial charge on any atom is -0.489 e. The van der Waals surface area contributed by atoms with Crippen molar-refractivity contribution in [2.24, 2.45) is 0 Å². The Morgan fingerprint density at radius 2 is 1.83 bits per heavy atom. The summed E-state index contributed by atoms with van der Waals surface area (Å²) in [6.07, 6.45) is 5.72. The summed E-state index contributed by atoms with van der Waals surface area (Å²) in [5, 5.41) is 21.9. The predicted molar refractivity (Wildman–Crippen MR) is 196 cm³/mol. The molecule has 1 heterocycles. The maximum Gasteiger partial charge on any atom is 0.251 e. The average molecular weight is 797 g/mol. The normalized spacial score (nSPS) is 16.4. The number of anilines is 4. The van der Waals surface area contributed by atoms with Gasteiger partial charge in [0.05, 0.1) is 33.8 Å². The third-order valence-electron chi connectivity index (χ3n) is 7.68. The van der Waals surface area contributed by atoms with Gasteiger partial charge in [-0.05, 0) is 112 Å². The fraction of sp³-hybridized carbons (Fsp3) is 0.424. The molecule has 0 aliphatic heterocycles. The maximum atomic E-state index is 13.2. The number of nitrogens with zero attached hydrogens (tertiary/aromatic N) is 2. The molecule has 1 amide bonds. The van der Waals surface area contributed by atoms with Crippen LogP contribution < -0.4 is 26.0 Å². The van der Waals surface area contributed by atoms with E-state index < -0.39 is 19.2 Å². The smallest absolute Gasteiger partial charge is 0.251 e. The number of hydrogen-bond acceptors (Lipinski definition) is 10. The molecular formula is C33H42ClIN6O5S. The van der Waals surface area contributed by atoms with Crippen LogP contribution in [-0.4, -0.2) is 64.0 Å². The van der Waals surface area contributed by atoms with Crippen molar-refractivity contribution in [3.8, 4) is 5.75 Å². The van der Waals surface area contributed by atoms with Crippen molar-refractivity contribution in [3.63, 3.8) is 0 Å². The van der Waals surface area contributed by atoms with Crippen LogP contribution in [0.2, 0.25) is 5.02 Å². The molecule has 3 atom stereocenters. The molecule has 0 saturated carbocycles. The fourth-order valence-electron chi connectivity index (χ4n) is 5.13. The average Bonchev–Trinajstić information content (AvgIpc) is 3.03. The van der Waals surface area contributed by atoms with Crippen LogP contribution in [0.3, 0.4) is 0 Å². The molecule has 2 aromatic carbocycles. The zero-order chi connectivity index (χ0) is 34.5. The lowest BCUT2D eigenvalue weighted by molar-refractivity contribution is 0.0962. The van der Waals surface area contributed by atoms with Crippen LogP contribution in [0.25, 0.3) is 5.57 Å². The highest BCUT2D eigenvalue weighted by atomic mass is 127. The van der Waals surface area contributed by atoms with Gasteiger partial charge in [0.2, 0.25) is 5.95 Å². The largest absolute Gasteiger partial charge is 0.489 e. The van der Waals surface area contributed by atoms with Crippen LogP contribution in [-0.2, 0) is 9.84 Å². The van der Waals surface area contributed by atoms with E-state index in [-0.39, 0.29) is 45.8 Å². The molecule has 3 aromatic rings. The second-order valence-corrected chi connectivity index (χ2v) is 16.1. The van der Waals surface area contributed by atoms with Crippen LogP contribution in [0.1, 0.15) is 69.8 Å². The van der Waals surface area contributed by atoms with Gasteiger partial charge >= 0.3 is 0 Å². The number of aromatic nitrogens is 2. The van der Waals surface area contributed by atoms with Crippen LogP contribution >= 0.6 is 34.2 Å². The molecule has 47 heavy (non-hydrogen) atoms. The standard InChI is InChI=1S/C33H42ClIN6O5S/c1-18(2)46-28-16-23(21-11-13-22(14-12-21)38-20(5)30(35)42)24(32(43)36-6)15-27(28)40-33-37-17-25(34)31(41-33)39-26-9-7-8-10-29(26)47(44,45)19(3)4/h7-11,15-20,22,30,38,42H,12-14H2,1-6H3,(H,36,43)(H2,37,39,40,41)/t20?,22?,30-/m0/s1. The first kappa shape index (κ1) is 36.8. The number of carbonyl (C=O) groups excluding carboxylic acids is 1. The second-order valence-electron chi connectivity index (χ2n) is 11.9. The van der Waals surface area contributed by atoms with Crippen LogP contribution in [0, 0.1) is 0 Å². The summed E-state index contributed by atoms with van der Waals surface area (Å²) < 4.78 is 31.8. The van der Waals surface area contributed by atoms with Gasteiger partial charge in [0.25, 0.3) is 5.91 Å². The molecule has 0 spiro atoms. The molecule has 0 saturated heterocycles. The van der Waals surface area contributed by atoms with E-state index in [1.54, 1.807) is 45.2 Å². The van der Waals surface area contributed by atoms with Gasteiger partial charge in [0.1, 0.15) is 14.9 Å². The number of allylic oxidation sites excluding steroid dienone is 1. The van der Waals surface area contributed by atoms with Crippen molar-refractivity contribution < 1.29 is 23.1 Å². The van der Waals surface area contributed by atoms with Crippen molar-refractivity contribution in [3.05, 3.63) is 64.8 Å². The van der Waals surface area contributed by atoms with Gasteiger partial charge in [0, 0.05) is 24.7 Å². The first-order valence-electron chi connectivity index (χ1n) is 15.4. The number of benzene rings is 2. The Morgan fingerprint density at radius 3 is 2.45 bits per heavy atom. The fourth-order valence-corrected chi connectivity index (χ4v) is 6.68. The monoisotopic (exact) mass is 796 g/mol. The molecule has 1 aliphatic carbocycles. The lowest BCUT2D eigenvalue weighted by Gasteiger charge is -2.28. The van der Waals surface area contributed by atoms with Crippen molar-refractivity contribution in [2.45, 2.75) is 86.3 Å². The van der Waals surface area contributed by atoms with Gasteiger partial charge in [-0.15, -0.1) is 0 Å². The van der Waals surface area contributed by atoms with Gasteiger partial charge in [-0.2, -0.15) is 4.98 Å². The van der Waals surface area contributed by atoms with Crippen LogP contribution in [0.4, 0.5) is 23.1 Å². The summed E-state index contributed by atoms with van der Waals surface area (Å²) in [4.78, 5) is 22.2. The van der Waals surface area contributed by atoms with Gasteiger partial charge in [-0.3, -0.25) is 4.79 Å². The van der Waals surface area contributed by atoms with Crippen molar-refractivity contribution >= 4 is 78.7 Å². The predicted octanol–water partition coefficient (Wildman–Crippen LogP) is 6.61. The van der Waals surface area contributed by atoms with Crippen LogP contribution in [0.5, 0.6) is 5.75 Å². The van der Waals surface area contributed by atoms with Crippen molar-refractivity contribution in [1.29, 1.82) is 0 Å². The lowest BCUT2D eigenvalue weighted by Crippen LogP contribution is -2.41. The third-order valence-corrected chi connectivity index (χ3v) is 11.2. The molecule has 2 unspecified atom stereocenters. The Morgan fingerprint density at radius 1 is 1.11 bits per heavy atom. The van der Waals surface area contributed by atoms with Gasteiger partial charge in [0.15, 0.2) is 15.7 Å². The van der Waals surface area contributed by atoms with E-state index in [0.29, 0.717) is 22.7 Å². The molecule has 0 fully saturated rings. The number of carbonyl (C=O) groups is 1. The van der Waals surface area contributed by atoms with E-state index in [1.807, 2.05) is 49.4 Å². The minimum absolute atomic E-state index is 0.0398. The van der Waals surface area contributed by atoms with Gasteiger partial charge in [-0.1, -0.05) is 29.8 Å². The summed E-state index contributed by atoms with van der Waals surface area (Å²) in [7, 11) is -2.01. The van der Waals surface area contributed by atoms with E-state index in [0.717, 1.165) is 30.4 Å². The number of para-hydroxylation sites is 1. The highest BCUT2D eigenvalue weighted by molar-refractivity contribution is 14.1. The number of amides is 1.